The van der Waals surface area contributed by atoms with Gasteiger partial charge in [0.05, 0.1) is 19.6 Å². The van der Waals surface area contributed by atoms with Crippen molar-refractivity contribution in [3.05, 3.63) is 170 Å². The van der Waals surface area contributed by atoms with Crippen molar-refractivity contribution in [3.8, 4) is 23.0 Å². The molecule has 0 spiro atoms. The highest BCUT2D eigenvalue weighted by atomic mass is 32.2. The zero-order valence-electron chi connectivity index (χ0n) is 39.4. The maximum absolute atomic E-state index is 12.9. The number of benzene rings is 6. The van der Waals surface area contributed by atoms with Crippen LogP contribution < -0.4 is 9.47 Å². The lowest BCUT2D eigenvalue weighted by atomic mass is 10.3. The molecule has 6 rings (SSSR count). The second-order valence-corrected chi connectivity index (χ2v) is 13.3. The first-order valence-corrected chi connectivity index (χ1v) is 24.6. The minimum absolute atomic E-state index is 0.203. The van der Waals surface area contributed by atoms with E-state index in [1.807, 2.05) is 171 Å². The van der Waals surface area contributed by atoms with Crippen LogP contribution in [0.3, 0.4) is 0 Å². The Labute approximate surface area is 367 Å². The molecule has 0 saturated carbocycles. The average Bonchev–Trinajstić information content (AvgIpc) is 3.36. The maximum atomic E-state index is 12.9. The fourth-order valence-electron chi connectivity index (χ4n) is 4.09. The Bertz CT molecular complexity index is 1850. The van der Waals surface area contributed by atoms with Crippen LogP contribution in [0.25, 0.3) is 0 Å². The first-order valence-electron chi connectivity index (χ1n) is 21.6. The fourth-order valence-corrected chi connectivity index (χ4v) is 6.66. The van der Waals surface area contributed by atoms with Gasteiger partial charge < -0.3 is 9.47 Å². The monoisotopic (exact) mass is 861 g/mol. The summed E-state index contributed by atoms with van der Waals surface area (Å²) in [6.45, 7) is 32.0. The van der Waals surface area contributed by atoms with Crippen LogP contribution in [0.2, 0.25) is 0 Å². The molecule has 0 N–H and O–H groups in total. The molecule has 6 aromatic carbocycles. The number of hydrogen-bond acceptors (Lipinski definition) is 6. The van der Waals surface area contributed by atoms with Crippen LogP contribution in [0, 0.1) is 0 Å². The van der Waals surface area contributed by atoms with Gasteiger partial charge in [-0.3, -0.25) is 0 Å². The molecular formula is C52H76O6S2. The molecule has 0 aliphatic rings. The molecular weight excluding hydrogens is 785 g/mol. The van der Waals surface area contributed by atoms with Crippen LogP contribution in [0.15, 0.2) is 189 Å². The van der Waals surface area contributed by atoms with Crippen molar-refractivity contribution in [3.63, 3.8) is 0 Å². The summed E-state index contributed by atoms with van der Waals surface area (Å²) in [5, 5.41) is 0. The summed E-state index contributed by atoms with van der Waals surface area (Å²) in [6.07, 6.45) is 0. The third-order valence-corrected chi connectivity index (χ3v) is 9.90. The molecule has 0 aromatic heterocycles. The summed E-state index contributed by atoms with van der Waals surface area (Å²) < 4.78 is 61.3. The first kappa shape index (κ1) is 61.5. The van der Waals surface area contributed by atoms with Gasteiger partial charge in [-0.2, -0.15) is 0 Å². The Balaban J connectivity index is -0.000000427. The predicted molar refractivity (Wildman–Crippen MR) is 260 cm³/mol. The molecule has 0 saturated heterocycles. The molecule has 0 amide bonds. The van der Waals surface area contributed by atoms with Crippen LogP contribution in [0.1, 0.15) is 111 Å². The molecule has 0 radical (unpaired) electrons. The Morgan fingerprint density at radius 2 is 0.400 bits per heavy atom. The number of rotatable bonds is 8. The first-order chi connectivity index (χ1) is 29.3. The van der Waals surface area contributed by atoms with Crippen LogP contribution in [-0.2, 0) is 19.7 Å². The second kappa shape index (κ2) is 40.6. The van der Waals surface area contributed by atoms with E-state index >= 15 is 0 Å². The summed E-state index contributed by atoms with van der Waals surface area (Å²) in [4.78, 5) is 1.07. The van der Waals surface area contributed by atoms with Crippen molar-refractivity contribution >= 4 is 19.7 Å². The Kier molecular flexibility index (Phi) is 41.6. The molecule has 0 aliphatic carbocycles. The number of ether oxygens (including phenoxy) is 2. The molecule has 0 unspecified atom stereocenters. The van der Waals surface area contributed by atoms with Gasteiger partial charge in [0.2, 0.25) is 19.7 Å². The zero-order valence-corrected chi connectivity index (χ0v) is 41.1. The minimum atomic E-state index is -3.63. The van der Waals surface area contributed by atoms with Gasteiger partial charge in [0, 0.05) is 0 Å². The lowest BCUT2D eigenvalue weighted by Gasteiger charge is -2.09. The van der Waals surface area contributed by atoms with Crippen molar-refractivity contribution in [2.45, 2.75) is 130 Å². The Hall–Kier alpha value is -5.18. The smallest absolute Gasteiger partial charge is 0.206 e. The molecule has 0 bridgehead atoms. The highest BCUT2D eigenvalue weighted by Crippen LogP contribution is 2.28. The third kappa shape index (κ3) is 22.8. The van der Waals surface area contributed by atoms with Gasteiger partial charge in [0.15, 0.2) is 0 Å². The van der Waals surface area contributed by atoms with E-state index in [-0.39, 0.29) is 9.79 Å². The number of para-hydroxylation sites is 2. The van der Waals surface area contributed by atoms with Gasteiger partial charge >= 0.3 is 0 Å². The maximum Gasteiger partial charge on any atom is 0.206 e. The highest BCUT2D eigenvalue weighted by molar-refractivity contribution is 7.91. The highest BCUT2D eigenvalue weighted by Gasteiger charge is 2.18. The molecule has 8 heteroatoms. The van der Waals surface area contributed by atoms with Crippen molar-refractivity contribution < 1.29 is 26.3 Å². The SMILES string of the molecule is CC.CC.CC.CC.CC.CC.CC.CC.O=S(=O)(c1ccc(Oc2ccccc2)cc1)c1ccc(Oc2ccccc2)cc1.O=S(=O)(c1ccccc1)c1ccccc1. The summed E-state index contributed by atoms with van der Waals surface area (Å²) in [7, 11) is -6.97. The quantitative estimate of drug-likeness (QED) is 0.151. The van der Waals surface area contributed by atoms with Gasteiger partial charge in [0.25, 0.3) is 0 Å². The summed E-state index contributed by atoms with van der Waals surface area (Å²) in [5.74, 6) is 2.53. The van der Waals surface area contributed by atoms with E-state index in [2.05, 4.69) is 0 Å². The standard InChI is InChI=1S/C24H18O4S.C12H10O2S.8C2H6/c25-29(26,23-15-11-21(12-16-23)27-19-7-3-1-4-8-19)24-17-13-22(14-18-24)28-20-9-5-2-6-10-20;13-15(14,11-7-3-1-4-8-11)12-9-5-2-6-10-12;8*1-2/h1-18H;1-10H;8*1-2H3. The van der Waals surface area contributed by atoms with E-state index in [0.717, 1.165) is 0 Å². The molecule has 0 fully saturated rings. The van der Waals surface area contributed by atoms with E-state index in [1.165, 1.54) is 0 Å². The van der Waals surface area contributed by atoms with Gasteiger partial charge in [-0.05, 0) is 97.1 Å². The lowest BCUT2D eigenvalue weighted by molar-refractivity contribution is 0.482. The Morgan fingerprint density at radius 1 is 0.233 bits per heavy atom. The van der Waals surface area contributed by atoms with Crippen molar-refractivity contribution in [1.82, 2.24) is 0 Å². The zero-order chi connectivity index (χ0) is 46.8. The van der Waals surface area contributed by atoms with Gasteiger partial charge in [-0.1, -0.05) is 184 Å². The van der Waals surface area contributed by atoms with Crippen LogP contribution >= 0.6 is 0 Å². The average molecular weight is 861 g/mol. The summed E-state index contributed by atoms with van der Waals surface area (Å²) in [6, 6.07) is 48.3. The van der Waals surface area contributed by atoms with E-state index in [4.69, 9.17) is 9.47 Å². The molecule has 0 heterocycles. The van der Waals surface area contributed by atoms with E-state index in [1.54, 1.807) is 109 Å². The summed E-state index contributed by atoms with van der Waals surface area (Å²) >= 11 is 0. The van der Waals surface area contributed by atoms with Gasteiger partial charge in [-0.15, -0.1) is 0 Å². The van der Waals surface area contributed by atoms with E-state index < -0.39 is 19.7 Å². The van der Waals surface area contributed by atoms with Gasteiger partial charge in [-0.25, -0.2) is 16.8 Å². The molecule has 6 aromatic rings. The van der Waals surface area contributed by atoms with E-state index in [9.17, 15) is 16.8 Å². The van der Waals surface area contributed by atoms with Crippen molar-refractivity contribution in [2.24, 2.45) is 0 Å². The van der Waals surface area contributed by atoms with Crippen molar-refractivity contribution in [1.29, 1.82) is 0 Å². The van der Waals surface area contributed by atoms with Crippen LogP contribution in [-0.4, -0.2) is 16.8 Å². The molecule has 332 valence electrons. The normalized spacial score (nSPS) is 8.93. The summed E-state index contributed by atoms with van der Waals surface area (Å²) in [5.41, 5.74) is 0. The van der Waals surface area contributed by atoms with Gasteiger partial charge in [0.1, 0.15) is 23.0 Å². The number of hydrogen-bond donors (Lipinski definition) is 0. The largest absolute Gasteiger partial charge is 0.457 e. The van der Waals surface area contributed by atoms with Crippen molar-refractivity contribution in [2.75, 3.05) is 0 Å². The topological polar surface area (TPSA) is 86.7 Å². The number of sulfone groups is 2. The fraction of sp³-hybridized carbons (Fsp3) is 0.308. The second-order valence-electron chi connectivity index (χ2n) is 9.41. The van der Waals surface area contributed by atoms with Crippen LogP contribution in [0.5, 0.6) is 23.0 Å². The molecule has 60 heavy (non-hydrogen) atoms. The molecule has 0 atom stereocenters. The van der Waals surface area contributed by atoms with E-state index in [0.29, 0.717) is 32.8 Å². The molecule has 0 aliphatic heterocycles. The lowest BCUT2D eigenvalue weighted by Crippen LogP contribution is -2.01. The minimum Gasteiger partial charge on any atom is -0.457 e. The Morgan fingerprint density at radius 3 is 0.617 bits per heavy atom. The van der Waals surface area contributed by atoms with Crippen LogP contribution in [0.4, 0.5) is 0 Å². The third-order valence-electron chi connectivity index (χ3n) is 6.33. The predicted octanol–water partition coefficient (Wildman–Crippen LogP) is 16.8. The molecule has 6 nitrogen and oxygen atoms in total.